The minimum absolute atomic E-state index is 0.0824. The second kappa shape index (κ2) is 5.15. The molecule has 0 aromatic carbocycles. The number of hydrogen-bond donors (Lipinski definition) is 4. The summed E-state index contributed by atoms with van der Waals surface area (Å²) in [6, 6.07) is 1.67. The fraction of sp³-hybridized carbons (Fsp3) is 0.333. The number of fused-ring (bicyclic) bond motifs is 1. The normalized spacial score (nSPS) is 13.5. The van der Waals surface area contributed by atoms with Gasteiger partial charge in [-0.3, -0.25) is 5.43 Å². The third-order valence-electron chi connectivity index (χ3n) is 2.29. The number of nitrogen functional groups attached to an aromatic ring is 1. The van der Waals surface area contributed by atoms with Crippen molar-refractivity contribution in [2.75, 3.05) is 17.3 Å². The highest BCUT2D eigenvalue weighted by atomic mass is 32.1. The smallest absolute Gasteiger partial charge is 0.382 e. The Bertz CT molecular complexity index is 572. The van der Waals surface area contributed by atoms with Gasteiger partial charge in [-0.25, -0.2) is 10.8 Å². The van der Waals surface area contributed by atoms with Crippen LogP contribution in [-0.4, -0.2) is 33.9 Å². The monoisotopic (exact) mass is 293 g/mol. The van der Waals surface area contributed by atoms with Crippen LogP contribution in [0.5, 0.6) is 0 Å². The molecule has 1 unspecified atom stereocenters. The molecule has 10 heteroatoms. The van der Waals surface area contributed by atoms with Crippen LogP contribution in [0.2, 0.25) is 0 Å². The van der Waals surface area contributed by atoms with E-state index in [1.54, 1.807) is 11.4 Å². The molecule has 0 saturated heterocycles. The van der Waals surface area contributed by atoms with E-state index in [1.165, 1.54) is 11.3 Å². The first-order chi connectivity index (χ1) is 8.91. The maximum absolute atomic E-state index is 12.2. The summed E-state index contributed by atoms with van der Waals surface area (Å²) >= 11 is 1.30. The van der Waals surface area contributed by atoms with Crippen LogP contribution in [0.3, 0.4) is 0 Å². The summed E-state index contributed by atoms with van der Waals surface area (Å²) in [6.07, 6.45) is -7.15. The Labute approximate surface area is 109 Å². The molecule has 0 saturated carbocycles. The number of alkyl halides is 3. The summed E-state index contributed by atoms with van der Waals surface area (Å²) in [5.74, 6) is 5.44. The van der Waals surface area contributed by atoms with Crippen LogP contribution in [-0.2, 0) is 0 Å². The lowest BCUT2D eigenvalue weighted by Crippen LogP contribution is -2.35. The SMILES string of the molecule is NNc1nc(NCC(O)C(F)(F)F)c2ccsc2n1. The first-order valence-corrected chi connectivity index (χ1v) is 6.00. The lowest BCUT2D eigenvalue weighted by molar-refractivity contribution is -0.198. The van der Waals surface area contributed by atoms with E-state index in [-0.39, 0.29) is 11.8 Å². The molecule has 2 heterocycles. The van der Waals surface area contributed by atoms with E-state index in [0.29, 0.717) is 10.2 Å². The van der Waals surface area contributed by atoms with Gasteiger partial charge in [-0.15, -0.1) is 11.3 Å². The third kappa shape index (κ3) is 3.03. The maximum Gasteiger partial charge on any atom is 0.416 e. The van der Waals surface area contributed by atoms with Gasteiger partial charge < -0.3 is 10.4 Å². The van der Waals surface area contributed by atoms with Gasteiger partial charge in [0, 0.05) is 0 Å². The molecule has 5 N–H and O–H groups in total. The molecule has 0 radical (unpaired) electrons. The van der Waals surface area contributed by atoms with E-state index in [1.807, 2.05) is 0 Å². The van der Waals surface area contributed by atoms with Gasteiger partial charge >= 0.3 is 6.18 Å². The number of aliphatic hydroxyl groups excluding tert-OH is 1. The predicted octanol–water partition coefficient (Wildman–Crippen LogP) is 1.31. The van der Waals surface area contributed by atoms with Crippen LogP contribution in [0.25, 0.3) is 10.2 Å². The topological polar surface area (TPSA) is 96.1 Å². The highest BCUT2D eigenvalue weighted by Gasteiger charge is 2.38. The van der Waals surface area contributed by atoms with Crippen molar-refractivity contribution in [3.63, 3.8) is 0 Å². The Kier molecular flexibility index (Phi) is 3.73. The van der Waals surface area contributed by atoms with E-state index in [9.17, 15) is 13.2 Å². The van der Waals surface area contributed by atoms with Gasteiger partial charge in [0.15, 0.2) is 6.10 Å². The van der Waals surface area contributed by atoms with E-state index in [2.05, 4.69) is 20.7 Å². The summed E-state index contributed by atoms with van der Waals surface area (Å²) in [7, 11) is 0. The van der Waals surface area contributed by atoms with Gasteiger partial charge in [-0.2, -0.15) is 18.2 Å². The van der Waals surface area contributed by atoms with Gasteiger partial charge in [0.1, 0.15) is 10.6 Å². The van der Waals surface area contributed by atoms with Crippen LogP contribution in [0.4, 0.5) is 24.9 Å². The number of nitrogens with one attached hydrogen (secondary N) is 2. The number of rotatable bonds is 4. The molecule has 0 aliphatic heterocycles. The largest absolute Gasteiger partial charge is 0.416 e. The minimum Gasteiger partial charge on any atom is -0.382 e. The Morgan fingerprint density at radius 3 is 2.79 bits per heavy atom. The number of aromatic nitrogens is 2. The molecule has 2 rings (SSSR count). The number of anilines is 2. The summed E-state index contributed by atoms with van der Waals surface area (Å²) in [6.45, 7) is -0.699. The van der Waals surface area contributed by atoms with Crippen molar-refractivity contribution in [3.8, 4) is 0 Å². The minimum atomic E-state index is -4.68. The van der Waals surface area contributed by atoms with Gasteiger partial charge in [0.05, 0.1) is 11.9 Å². The molecule has 1 atom stereocenters. The molecule has 0 amide bonds. The van der Waals surface area contributed by atoms with Crippen LogP contribution >= 0.6 is 11.3 Å². The van der Waals surface area contributed by atoms with Crippen LogP contribution in [0.1, 0.15) is 0 Å². The van der Waals surface area contributed by atoms with E-state index < -0.39 is 18.8 Å². The number of aliphatic hydroxyl groups is 1. The van der Waals surface area contributed by atoms with Crippen molar-refractivity contribution in [2.45, 2.75) is 12.3 Å². The van der Waals surface area contributed by atoms with Crippen LogP contribution < -0.4 is 16.6 Å². The first kappa shape index (κ1) is 13.8. The molecule has 0 fully saturated rings. The molecule has 2 aromatic heterocycles. The molecule has 0 spiro atoms. The zero-order chi connectivity index (χ0) is 14.0. The average molecular weight is 293 g/mol. The number of hydrazine groups is 1. The Morgan fingerprint density at radius 2 is 2.16 bits per heavy atom. The molecule has 0 aliphatic rings. The number of halogens is 3. The molecule has 2 aromatic rings. The summed E-state index contributed by atoms with van der Waals surface area (Å²) in [5.41, 5.74) is 2.23. The molecular formula is C9H10F3N5OS. The molecule has 19 heavy (non-hydrogen) atoms. The molecule has 0 aliphatic carbocycles. The number of hydrogen-bond acceptors (Lipinski definition) is 7. The van der Waals surface area contributed by atoms with Gasteiger partial charge in [-0.05, 0) is 11.4 Å². The molecule has 6 nitrogen and oxygen atoms in total. The fourth-order valence-electron chi connectivity index (χ4n) is 1.36. The highest BCUT2D eigenvalue weighted by molar-refractivity contribution is 7.16. The second-order valence-electron chi connectivity index (χ2n) is 3.62. The van der Waals surface area contributed by atoms with Gasteiger partial charge in [0.2, 0.25) is 5.95 Å². The number of nitrogens with two attached hydrogens (primary N) is 1. The van der Waals surface area contributed by atoms with Gasteiger partial charge in [-0.1, -0.05) is 0 Å². The Balaban J connectivity index is 2.22. The maximum atomic E-state index is 12.2. The van der Waals surface area contributed by atoms with E-state index in [0.717, 1.165) is 0 Å². The average Bonchev–Trinajstić information content (AvgIpc) is 2.82. The van der Waals surface area contributed by atoms with Crippen molar-refractivity contribution in [1.82, 2.24) is 9.97 Å². The zero-order valence-electron chi connectivity index (χ0n) is 9.40. The predicted molar refractivity (Wildman–Crippen MR) is 65.8 cm³/mol. The van der Waals surface area contributed by atoms with E-state index in [4.69, 9.17) is 10.9 Å². The van der Waals surface area contributed by atoms with Crippen molar-refractivity contribution in [3.05, 3.63) is 11.4 Å². The number of thiophene rings is 1. The number of nitrogens with zero attached hydrogens (tertiary/aromatic N) is 2. The Morgan fingerprint density at radius 1 is 1.42 bits per heavy atom. The van der Waals surface area contributed by atoms with Crippen molar-refractivity contribution < 1.29 is 18.3 Å². The second-order valence-corrected chi connectivity index (χ2v) is 4.51. The first-order valence-electron chi connectivity index (χ1n) is 5.12. The zero-order valence-corrected chi connectivity index (χ0v) is 10.2. The summed E-state index contributed by atoms with van der Waals surface area (Å²) in [4.78, 5) is 8.53. The standard InChI is InChI=1S/C9H10F3N5OS/c10-9(11,12)5(18)3-14-6-4-1-2-19-7(4)16-8(15-6)17-13/h1-2,5,18H,3,13H2,(H2,14,15,16,17). The molecule has 104 valence electrons. The van der Waals surface area contributed by atoms with Crippen LogP contribution in [0, 0.1) is 0 Å². The third-order valence-corrected chi connectivity index (χ3v) is 3.10. The summed E-state index contributed by atoms with van der Waals surface area (Å²) < 4.78 is 36.6. The van der Waals surface area contributed by atoms with Crippen molar-refractivity contribution in [2.24, 2.45) is 5.84 Å². The fourth-order valence-corrected chi connectivity index (χ4v) is 2.13. The lowest BCUT2D eigenvalue weighted by atomic mass is 10.3. The molecule has 0 bridgehead atoms. The van der Waals surface area contributed by atoms with Crippen molar-refractivity contribution in [1.29, 1.82) is 0 Å². The molecular weight excluding hydrogens is 283 g/mol. The van der Waals surface area contributed by atoms with E-state index >= 15 is 0 Å². The van der Waals surface area contributed by atoms with Crippen molar-refractivity contribution >= 4 is 33.3 Å². The highest BCUT2D eigenvalue weighted by Crippen LogP contribution is 2.27. The van der Waals surface area contributed by atoms with Crippen LogP contribution in [0.15, 0.2) is 11.4 Å². The quantitative estimate of drug-likeness (QED) is 0.501. The summed E-state index contributed by atoms with van der Waals surface area (Å²) in [5, 5.41) is 13.7. The van der Waals surface area contributed by atoms with Gasteiger partial charge in [0.25, 0.3) is 0 Å². The lowest BCUT2D eigenvalue weighted by Gasteiger charge is -2.15. The Hall–Kier alpha value is -1.65.